The van der Waals surface area contributed by atoms with E-state index >= 15 is 0 Å². The molecule has 2 aromatic rings. The summed E-state index contributed by atoms with van der Waals surface area (Å²) in [6, 6.07) is 12.2. The molecule has 0 radical (unpaired) electrons. The first-order chi connectivity index (χ1) is 7.04. The Labute approximate surface area is 115 Å². The zero-order chi connectivity index (χ0) is 10.9. The first kappa shape index (κ1) is 13.7. The molecular weight excluding hydrogens is 238 g/mol. The van der Waals surface area contributed by atoms with Gasteiger partial charge in [0.1, 0.15) is 5.75 Å². The van der Waals surface area contributed by atoms with Gasteiger partial charge in [-0.3, -0.25) is 4.57 Å². The smallest absolute Gasteiger partial charge is 0.746 e. The van der Waals surface area contributed by atoms with Crippen LogP contribution in [-0.2, 0) is 4.57 Å². The van der Waals surface area contributed by atoms with Gasteiger partial charge < -0.3 is 14.3 Å². The molecule has 2 rings (SSSR count). The summed E-state index contributed by atoms with van der Waals surface area (Å²) in [5.41, 5.74) is 0. The van der Waals surface area contributed by atoms with Crippen LogP contribution in [0.4, 0.5) is 0 Å². The third kappa shape index (κ3) is 3.59. The van der Waals surface area contributed by atoms with Gasteiger partial charge >= 0.3 is 37.4 Å². The summed E-state index contributed by atoms with van der Waals surface area (Å²) in [7, 11) is -4.72. The Hall–Kier alpha value is -0.350. The normalized spacial score (nSPS) is 13.9. The van der Waals surface area contributed by atoms with Gasteiger partial charge in [-0.15, -0.1) is 0 Å². The molecule has 4 nitrogen and oxygen atoms in total. The Morgan fingerprint density at radius 1 is 1.12 bits per heavy atom. The second-order valence-corrected chi connectivity index (χ2v) is 4.19. The fourth-order valence-electron chi connectivity index (χ4n) is 1.36. The molecule has 0 aliphatic carbocycles. The molecule has 0 heterocycles. The van der Waals surface area contributed by atoms with Crippen molar-refractivity contribution in [2.45, 2.75) is 0 Å². The molecule has 1 unspecified atom stereocenters. The van der Waals surface area contributed by atoms with E-state index in [2.05, 4.69) is 4.52 Å². The number of hydrogen-bond acceptors (Lipinski definition) is 3. The molecule has 0 spiro atoms. The van der Waals surface area contributed by atoms with Crippen LogP contribution in [-0.4, -0.2) is 4.89 Å². The van der Waals surface area contributed by atoms with Crippen molar-refractivity contribution in [3.05, 3.63) is 42.5 Å². The largest absolute Gasteiger partial charge is 1.00 e. The summed E-state index contributed by atoms with van der Waals surface area (Å²) in [4.78, 5) is 19.0. The Balaban J connectivity index is 0.00000128. The van der Waals surface area contributed by atoms with Crippen LogP contribution in [0.1, 0.15) is 0 Å². The van der Waals surface area contributed by atoms with Crippen LogP contribution < -0.4 is 39.0 Å². The van der Waals surface area contributed by atoms with E-state index in [1.165, 1.54) is 6.07 Å². The summed E-state index contributed by atoms with van der Waals surface area (Å²) in [5, 5.41) is 1.83. The Kier molecular flexibility index (Phi) is 4.56. The van der Waals surface area contributed by atoms with Gasteiger partial charge in [0.25, 0.3) is 0 Å². The second-order valence-electron chi connectivity index (χ2n) is 3.07. The van der Waals surface area contributed by atoms with Crippen molar-refractivity contribution in [2.75, 3.05) is 0 Å². The molecule has 78 valence electrons. The quantitative estimate of drug-likeness (QED) is 0.527. The van der Waals surface area contributed by atoms with Crippen LogP contribution in [0.5, 0.6) is 5.75 Å². The molecule has 0 amide bonds. The van der Waals surface area contributed by atoms with Gasteiger partial charge in [0.05, 0.1) is 0 Å². The van der Waals surface area contributed by atoms with Crippen molar-refractivity contribution in [1.29, 1.82) is 0 Å². The van der Waals surface area contributed by atoms with E-state index in [9.17, 15) is 9.46 Å². The molecule has 0 aliphatic rings. The van der Waals surface area contributed by atoms with Gasteiger partial charge in [-0.2, -0.15) is 0 Å². The number of fused-ring (bicyclic) bond motifs is 1. The molecule has 0 aromatic heterocycles. The maximum Gasteiger partial charge on any atom is 1.00 e. The first-order valence-corrected chi connectivity index (χ1v) is 5.76. The van der Waals surface area contributed by atoms with E-state index in [1.54, 1.807) is 12.1 Å². The molecule has 0 saturated heterocycles. The molecule has 0 bridgehead atoms. The van der Waals surface area contributed by atoms with Crippen LogP contribution in [0, 0.1) is 0 Å². The predicted octanol–water partition coefficient (Wildman–Crippen LogP) is -1.32. The summed E-state index contributed by atoms with van der Waals surface area (Å²) in [5.74, 6) is 0.106. The van der Waals surface area contributed by atoms with Crippen molar-refractivity contribution in [3.8, 4) is 5.75 Å². The minimum Gasteiger partial charge on any atom is -0.746 e. The number of benzene rings is 2. The molecule has 6 heteroatoms. The second kappa shape index (κ2) is 5.32. The minimum absolute atomic E-state index is 0. The zero-order valence-electron chi connectivity index (χ0n) is 8.66. The predicted molar refractivity (Wildman–Crippen MR) is 54.4 cm³/mol. The third-order valence-corrected chi connectivity index (χ3v) is 2.38. The Morgan fingerprint density at radius 3 is 2.38 bits per heavy atom. The molecular formula is C10H8NaO4P. The van der Waals surface area contributed by atoms with Crippen LogP contribution >= 0.6 is 7.82 Å². The molecule has 0 aliphatic heterocycles. The molecule has 2 aromatic carbocycles. The number of phosphoric acid groups is 1. The van der Waals surface area contributed by atoms with Gasteiger partial charge in [-0.25, -0.2) is 0 Å². The van der Waals surface area contributed by atoms with Gasteiger partial charge in [-0.1, -0.05) is 30.3 Å². The van der Waals surface area contributed by atoms with Crippen molar-refractivity contribution < 1.29 is 48.4 Å². The summed E-state index contributed by atoms with van der Waals surface area (Å²) < 4.78 is 14.9. The van der Waals surface area contributed by atoms with E-state index in [4.69, 9.17) is 4.89 Å². The van der Waals surface area contributed by atoms with Crippen molar-refractivity contribution in [1.82, 2.24) is 0 Å². The van der Waals surface area contributed by atoms with Gasteiger partial charge in [0, 0.05) is 0 Å². The van der Waals surface area contributed by atoms with Gasteiger partial charge in [-0.05, 0) is 22.9 Å². The average Bonchev–Trinajstić information content (AvgIpc) is 2.15. The molecule has 0 saturated carbocycles. The van der Waals surface area contributed by atoms with E-state index in [1.807, 2.05) is 24.3 Å². The molecule has 1 atom stereocenters. The van der Waals surface area contributed by atoms with E-state index in [0.717, 1.165) is 10.8 Å². The fourth-order valence-corrected chi connectivity index (χ4v) is 1.74. The van der Waals surface area contributed by atoms with Crippen LogP contribution in [0.3, 0.4) is 0 Å². The van der Waals surface area contributed by atoms with E-state index in [-0.39, 0.29) is 35.3 Å². The topological polar surface area (TPSA) is 69.6 Å². The maximum atomic E-state index is 10.5. The standard InChI is InChI=1S/C10H9O4P.Na/c11-15(12,13)14-10-6-5-8-3-1-2-4-9(8)7-10;/h1-7H,(H2,11,12,13);/q;+1/p-1. The van der Waals surface area contributed by atoms with Gasteiger partial charge in [0.2, 0.25) is 0 Å². The summed E-state index contributed by atoms with van der Waals surface area (Å²) >= 11 is 0. The summed E-state index contributed by atoms with van der Waals surface area (Å²) in [6.45, 7) is 0. The number of phosphoric ester groups is 1. The monoisotopic (exact) mass is 246 g/mol. The number of rotatable bonds is 2. The van der Waals surface area contributed by atoms with Crippen molar-refractivity contribution in [3.63, 3.8) is 0 Å². The van der Waals surface area contributed by atoms with E-state index in [0.29, 0.717) is 0 Å². The first-order valence-electron chi connectivity index (χ1n) is 4.27. The SMILES string of the molecule is O=P([O-])(O)Oc1ccc2ccccc2c1.[Na+]. The zero-order valence-corrected chi connectivity index (χ0v) is 11.6. The van der Waals surface area contributed by atoms with E-state index < -0.39 is 7.82 Å². The van der Waals surface area contributed by atoms with Crippen LogP contribution in [0.15, 0.2) is 42.5 Å². The van der Waals surface area contributed by atoms with Crippen LogP contribution in [0.25, 0.3) is 10.8 Å². The van der Waals surface area contributed by atoms with Crippen molar-refractivity contribution in [2.24, 2.45) is 0 Å². The molecule has 0 fully saturated rings. The fraction of sp³-hybridized carbons (Fsp3) is 0. The molecule has 16 heavy (non-hydrogen) atoms. The van der Waals surface area contributed by atoms with Crippen LogP contribution in [0.2, 0.25) is 0 Å². The third-order valence-electron chi connectivity index (χ3n) is 1.94. The Bertz CT molecular complexity index is 537. The number of hydrogen-bond donors (Lipinski definition) is 1. The van der Waals surface area contributed by atoms with Crippen molar-refractivity contribution >= 4 is 18.6 Å². The summed E-state index contributed by atoms with van der Waals surface area (Å²) in [6.07, 6.45) is 0. The maximum absolute atomic E-state index is 10.5. The molecule has 1 N–H and O–H groups in total. The minimum atomic E-state index is -4.72. The average molecular weight is 246 g/mol. The van der Waals surface area contributed by atoms with Gasteiger partial charge in [0.15, 0.2) is 0 Å². The Morgan fingerprint density at radius 2 is 1.75 bits per heavy atom.